The van der Waals surface area contributed by atoms with Crippen molar-refractivity contribution in [3.63, 3.8) is 0 Å². The molecule has 0 saturated heterocycles. The average molecular weight is 347 g/mol. The number of nitrogens with one attached hydrogen (secondary N) is 1. The van der Waals surface area contributed by atoms with Crippen LogP contribution < -0.4 is 9.61 Å². The van der Waals surface area contributed by atoms with Crippen LogP contribution in [-0.4, -0.2) is 30.0 Å². The van der Waals surface area contributed by atoms with Gasteiger partial charge < -0.3 is 10.0 Å². The molecule has 1 atom stereocenters. The monoisotopic (exact) mass is 347 g/mol. The van der Waals surface area contributed by atoms with Crippen molar-refractivity contribution in [3.8, 4) is 11.5 Å². The third-order valence-electron chi connectivity index (χ3n) is 3.34. The van der Waals surface area contributed by atoms with Crippen LogP contribution in [-0.2, 0) is 4.57 Å². The number of nitrogens with zero attached hydrogens (tertiary/aromatic N) is 1. The molecule has 1 amide bonds. The first-order valence-corrected chi connectivity index (χ1v) is 8.49. The number of aryl methyl sites for hydroxylation is 2. The fourth-order valence-corrected chi connectivity index (χ4v) is 2.83. The van der Waals surface area contributed by atoms with Gasteiger partial charge in [-0.15, -0.1) is 5.09 Å². The number of phenolic OH excluding ortho intramolecular Hbond substituents is 1. The van der Waals surface area contributed by atoms with Gasteiger partial charge in [0.2, 0.25) is 0 Å². The number of carbonyl (C=O) groups is 1. The Morgan fingerprint density at radius 2 is 1.92 bits per heavy atom. The second-order valence-electron chi connectivity index (χ2n) is 5.67. The Morgan fingerprint density at radius 3 is 2.54 bits per heavy atom. The molecule has 1 unspecified atom stereocenters. The molecule has 0 fully saturated rings. The number of phenols is 1. The Balaban J connectivity index is 2.20. The molecule has 0 spiro atoms. The number of hydrogen-bond acceptors (Lipinski definition) is 4. The molecule has 2 N–H and O–H groups in total. The molecular formula is C17H20N2O4P+. The standard InChI is InChI=1S/C17H19N2O4P/c1-11-6-5-7-14(8-11)23-24(22)18-13-9-12(2)16(20)15(10-13)17(21)19(3)4/h5-10H,1-4H3,(H-,18,20,21,22)/p+1. The van der Waals surface area contributed by atoms with Crippen LogP contribution in [0.15, 0.2) is 36.4 Å². The van der Waals surface area contributed by atoms with E-state index in [2.05, 4.69) is 5.09 Å². The van der Waals surface area contributed by atoms with Gasteiger partial charge in [-0.2, -0.15) is 0 Å². The van der Waals surface area contributed by atoms with E-state index < -0.39 is 8.18 Å². The highest BCUT2D eigenvalue weighted by molar-refractivity contribution is 7.41. The van der Waals surface area contributed by atoms with Crippen molar-refractivity contribution in [1.29, 1.82) is 0 Å². The molecule has 0 radical (unpaired) electrons. The van der Waals surface area contributed by atoms with E-state index in [9.17, 15) is 14.5 Å². The lowest BCUT2D eigenvalue weighted by molar-refractivity contribution is 0.0824. The van der Waals surface area contributed by atoms with Gasteiger partial charge in [0.25, 0.3) is 5.91 Å². The zero-order chi connectivity index (χ0) is 17.9. The van der Waals surface area contributed by atoms with Crippen molar-refractivity contribution in [1.82, 2.24) is 4.90 Å². The number of rotatable bonds is 5. The number of benzene rings is 2. The summed E-state index contributed by atoms with van der Waals surface area (Å²) in [6, 6.07) is 10.3. The van der Waals surface area contributed by atoms with Gasteiger partial charge in [0.15, 0.2) is 5.75 Å². The highest BCUT2D eigenvalue weighted by Gasteiger charge is 2.23. The van der Waals surface area contributed by atoms with Crippen LogP contribution in [0.1, 0.15) is 21.5 Å². The van der Waals surface area contributed by atoms with Gasteiger partial charge in [-0.3, -0.25) is 4.79 Å². The summed E-state index contributed by atoms with van der Waals surface area (Å²) in [7, 11) is 0.970. The van der Waals surface area contributed by atoms with Gasteiger partial charge in [-0.1, -0.05) is 12.1 Å². The second-order valence-corrected chi connectivity index (χ2v) is 6.59. The van der Waals surface area contributed by atoms with Gasteiger partial charge in [-0.25, -0.2) is 4.52 Å². The SMILES string of the molecule is Cc1cccc(O[P+](=O)Nc2cc(C)c(O)c(C(=O)N(C)C)c2)c1. The van der Waals surface area contributed by atoms with Crippen molar-refractivity contribution in [2.24, 2.45) is 0 Å². The zero-order valence-corrected chi connectivity index (χ0v) is 14.9. The van der Waals surface area contributed by atoms with E-state index in [4.69, 9.17) is 4.52 Å². The number of amides is 1. The number of carbonyl (C=O) groups excluding carboxylic acids is 1. The van der Waals surface area contributed by atoms with E-state index in [1.165, 1.54) is 11.0 Å². The summed E-state index contributed by atoms with van der Waals surface area (Å²) >= 11 is 0. The Labute approximate surface area is 142 Å². The van der Waals surface area contributed by atoms with E-state index in [1.54, 1.807) is 39.2 Å². The van der Waals surface area contributed by atoms with Crippen LogP contribution in [0.2, 0.25) is 0 Å². The van der Waals surface area contributed by atoms with E-state index in [0.717, 1.165) is 5.56 Å². The Bertz CT molecular complexity index is 790. The van der Waals surface area contributed by atoms with Gasteiger partial charge in [-0.05, 0) is 49.2 Å². The number of hydrogen-bond donors (Lipinski definition) is 2. The summed E-state index contributed by atoms with van der Waals surface area (Å²) in [6.07, 6.45) is 0. The fraction of sp³-hybridized carbons (Fsp3) is 0.235. The highest BCUT2D eigenvalue weighted by atomic mass is 31.1. The first kappa shape index (κ1) is 17.8. The molecule has 0 aliphatic heterocycles. The van der Waals surface area contributed by atoms with Crippen LogP contribution in [0.5, 0.6) is 11.5 Å². The van der Waals surface area contributed by atoms with E-state index in [-0.39, 0.29) is 17.2 Å². The molecule has 2 aromatic rings. The van der Waals surface area contributed by atoms with Gasteiger partial charge in [0, 0.05) is 18.7 Å². The maximum absolute atomic E-state index is 12.2. The molecule has 126 valence electrons. The van der Waals surface area contributed by atoms with Crippen LogP contribution in [0.4, 0.5) is 5.69 Å². The molecule has 0 saturated carbocycles. The zero-order valence-electron chi connectivity index (χ0n) is 14.0. The third-order valence-corrected chi connectivity index (χ3v) is 4.15. The van der Waals surface area contributed by atoms with Gasteiger partial charge in [0.05, 0.1) is 11.3 Å². The number of aromatic hydroxyl groups is 1. The molecule has 24 heavy (non-hydrogen) atoms. The smallest absolute Gasteiger partial charge is 0.507 e. The maximum atomic E-state index is 12.2. The van der Waals surface area contributed by atoms with Crippen molar-refractivity contribution in [3.05, 3.63) is 53.1 Å². The van der Waals surface area contributed by atoms with E-state index in [0.29, 0.717) is 17.0 Å². The maximum Gasteiger partial charge on any atom is 0.694 e. The molecule has 0 aliphatic carbocycles. The molecule has 7 heteroatoms. The normalized spacial score (nSPS) is 10.9. The molecule has 0 heterocycles. The summed E-state index contributed by atoms with van der Waals surface area (Å²) in [6.45, 7) is 3.58. The molecule has 0 aromatic heterocycles. The minimum atomic E-state index is -2.22. The summed E-state index contributed by atoms with van der Waals surface area (Å²) < 4.78 is 17.5. The molecule has 2 aromatic carbocycles. The van der Waals surface area contributed by atoms with Gasteiger partial charge in [0.1, 0.15) is 5.75 Å². The topological polar surface area (TPSA) is 78.9 Å². The third kappa shape index (κ3) is 4.24. The van der Waals surface area contributed by atoms with E-state index >= 15 is 0 Å². The van der Waals surface area contributed by atoms with Crippen molar-refractivity contribution in [2.75, 3.05) is 19.2 Å². The Kier molecular flexibility index (Phi) is 5.42. The quantitative estimate of drug-likeness (QED) is 0.634. The van der Waals surface area contributed by atoms with Crippen molar-refractivity contribution >= 4 is 19.8 Å². The molecule has 0 bridgehead atoms. The van der Waals surface area contributed by atoms with Crippen LogP contribution in [0.3, 0.4) is 0 Å². The van der Waals surface area contributed by atoms with Crippen molar-refractivity contribution < 1.29 is 19.0 Å². The predicted molar refractivity (Wildman–Crippen MR) is 93.9 cm³/mol. The molecule has 6 nitrogen and oxygen atoms in total. The van der Waals surface area contributed by atoms with Crippen LogP contribution >= 0.6 is 8.18 Å². The summed E-state index contributed by atoms with van der Waals surface area (Å²) in [5.41, 5.74) is 2.07. The molecule has 0 aliphatic rings. The molecule has 2 rings (SSSR count). The lowest BCUT2D eigenvalue weighted by atomic mass is 10.1. The first-order valence-electron chi connectivity index (χ1n) is 7.31. The number of anilines is 1. The van der Waals surface area contributed by atoms with Crippen LogP contribution in [0, 0.1) is 13.8 Å². The first-order chi connectivity index (χ1) is 11.3. The Hall–Kier alpha value is -2.59. The summed E-state index contributed by atoms with van der Waals surface area (Å²) in [4.78, 5) is 13.5. The summed E-state index contributed by atoms with van der Waals surface area (Å²) in [5, 5.41) is 12.8. The second kappa shape index (κ2) is 7.32. The average Bonchev–Trinajstić information content (AvgIpc) is 2.49. The summed E-state index contributed by atoms with van der Waals surface area (Å²) in [5.74, 6) is 0.0619. The lowest BCUT2D eigenvalue weighted by Crippen LogP contribution is -2.22. The minimum absolute atomic E-state index is 0.0888. The molecular weight excluding hydrogens is 327 g/mol. The fourth-order valence-electron chi connectivity index (χ4n) is 2.14. The van der Waals surface area contributed by atoms with Gasteiger partial charge >= 0.3 is 8.18 Å². The minimum Gasteiger partial charge on any atom is -0.507 e. The highest BCUT2D eigenvalue weighted by Crippen LogP contribution is 2.33. The predicted octanol–water partition coefficient (Wildman–Crippen LogP) is 3.86. The lowest BCUT2D eigenvalue weighted by Gasteiger charge is -2.13. The van der Waals surface area contributed by atoms with Crippen LogP contribution in [0.25, 0.3) is 0 Å². The van der Waals surface area contributed by atoms with E-state index in [1.807, 2.05) is 19.1 Å². The largest absolute Gasteiger partial charge is 0.694 e. The van der Waals surface area contributed by atoms with Crippen molar-refractivity contribution in [2.45, 2.75) is 13.8 Å². The Morgan fingerprint density at radius 1 is 1.21 bits per heavy atom.